The zero-order chi connectivity index (χ0) is 30.7. The van der Waals surface area contributed by atoms with Crippen LogP contribution in [0.15, 0.2) is 87.1 Å². The van der Waals surface area contributed by atoms with Crippen LogP contribution in [0.25, 0.3) is 0 Å². The lowest BCUT2D eigenvalue weighted by Gasteiger charge is -2.32. The summed E-state index contributed by atoms with van der Waals surface area (Å²) in [6.07, 6.45) is 3.65. The van der Waals surface area contributed by atoms with Crippen molar-refractivity contribution in [1.82, 2.24) is 10.2 Å². The number of unbranched alkanes of at least 4 members (excludes halogenated alkanes) is 1. The Labute approximate surface area is 262 Å². The molecule has 3 aromatic carbocycles. The molecule has 0 saturated heterocycles. The molecule has 3 aromatic rings. The molecule has 0 unspecified atom stereocenters. The molecule has 1 atom stereocenters. The summed E-state index contributed by atoms with van der Waals surface area (Å²) in [4.78, 5) is 29.5. The van der Waals surface area contributed by atoms with Gasteiger partial charge in [0.15, 0.2) is 0 Å². The van der Waals surface area contributed by atoms with Crippen LogP contribution in [0.3, 0.4) is 0 Å². The molecule has 42 heavy (non-hydrogen) atoms. The number of sulfonamides is 1. The molecule has 3 rings (SSSR count). The average molecular weight is 677 g/mol. The van der Waals surface area contributed by atoms with E-state index in [-0.39, 0.29) is 17.3 Å². The fourth-order valence-electron chi connectivity index (χ4n) is 4.18. The van der Waals surface area contributed by atoms with Gasteiger partial charge in [-0.2, -0.15) is 0 Å². The van der Waals surface area contributed by atoms with Crippen LogP contribution in [0.2, 0.25) is 0 Å². The third kappa shape index (κ3) is 8.99. The van der Waals surface area contributed by atoms with Crippen LogP contribution >= 0.6 is 27.7 Å². The largest absolute Gasteiger partial charge is 0.494 e. The van der Waals surface area contributed by atoms with E-state index in [1.807, 2.05) is 44.4 Å². The number of ether oxygens (including phenoxy) is 1. The molecule has 8 nitrogen and oxygen atoms in total. The van der Waals surface area contributed by atoms with Gasteiger partial charge in [-0.05, 0) is 92.8 Å². The summed E-state index contributed by atoms with van der Waals surface area (Å²) in [5.41, 5.74) is 1.12. The van der Waals surface area contributed by atoms with E-state index >= 15 is 0 Å². The Bertz CT molecular complexity index is 1420. The second-order valence-corrected chi connectivity index (χ2v) is 13.2. The summed E-state index contributed by atoms with van der Waals surface area (Å²) in [5.74, 6) is -0.213. The third-order valence-corrected chi connectivity index (χ3v) is 9.69. The summed E-state index contributed by atoms with van der Waals surface area (Å²) in [6, 6.07) is 19.7. The average Bonchev–Trinajstić information content (AvgIpc) is 2.99. The number of nitrogens with one attached hydrogen (secondary N) is 1. The minimum absolute atomic E-state index is 0.0619. The van der Waals surface area contributed by atoms with Crippen LogP contribution in [0, 0.1) is 0 Å². The molecular weight excluding hydrogens is 638 g/mol. The molecule has 0 saturated carbocycles. The number of carbonyl (C=O) groups excluding carboxylic acids is 2. The van der Waals surface area contributed by atoms with Gasteiger partial charge in [0.05, 0.1) is 17.2 Å². The van der Waals surface area contributed by atoms with E-state index in [0.29, 0.717) is 24.6 Å². The van der Waals surface area contributed by atoms with E-state index in [1.165, 1.54) is 28.8 Å². The van der Waals surface area contributed by atoms with E-state index in [4.69, 9.17) is 4.74 Å². The lowest BCUT2D eigenvalue weighted by Crippen LogP contribution is -2.51. The first-order chi connectivity index (χ1) is 20.1. The second kappa shape index (κ2) is 16.0. The van der Waals surface area contributed by atoms with Crippen molar-refractivity contribution in [2.24, 2.45) is 0 Å². The number of halogens is 1. The standard InChI is InChI=1S/C31H38BrN3O5S2/c1-5-7-20-33-31(37)23(3)34(21-24-8-10-25(32)11-9-24)30(36)22-35(26-12-14-27(15-13-26)40-6-2)42(38,39)29-18-16-28(41-4)17-19-29/h8-19,23H,5-7,20-22H2,1-4H3,(H,33,37)/t23-/m0/s1. The zero-order valence-corrected chi connectivity index (χ0v) is 27.6. The van der Waals surface area contributed by atoms with Crippen molar-refractivity contribution in [3.63, 3.8) is 0 Å². The maximum Gasteiger partial charge on any atom is 0.264 e. The van der Waals surface area contributed by atoms with Gasteiger partial charge in [0.25, 0.3) is 10.0 Å². The molecule has 0 bridgehead atoms. The number of nitrogens with zero attached hydrogens (tertiary/aromatic N) is 2. The van der Waals surface area contributed by atoms with Crippen molar-refractivity contribution in [2.75, 3.05) is 30.3 Å². The van der Waals surface area contributed by atoms with E-state index in [1.54, 1.807) is 43.3 Å². The Balaban J connectivity index is 2.00. The van der Waals surface area contributed by atoms with Gasteiger partial charge in [-0.25, -0.2) is 8.42 Å². The number of rotatable bonds is 15. The van der Waals surface area contributed by atoms with Crippen LogP contribution < -0.4 is 14.4 Å². The van der Waals surface area contributed by atoms with E-state index in [0.717, 1.165) is 32.1 Å². The maximum absolute atomic E-state index is 14.0. The Morgan fingerprint density at radius 2 is 1.62 bits per heavy atom. The lowest BCUT2D eigenvalue weighted by molar-refractivity contribution is -0.139. The molecule has 0 aromatic heterocycles. The number of amides is 2. The number of benzene rings is 3. The Morgan fingerprint density at radius 3 is 2.19 bits per heavy atom. The summed E-state index contributed by atoms with van der Waals surface area (Å²) < 4.78 is 35.5. The minimum Gasteiger partial charge on any atom is -0.494 e. The molecule has 0 spiro atoms. The van der Waals surface area contributed by atoms with Gasteiger partial charge in [0.1, 0.15) is 18.3 Å². The molecule has 0 heterocycles. The number of anilines is 1. The molecule has 0 aliphatic rings. The predicted molar refractivity (Wildman–Crippen MR) is 172 cm³/mol. The van der Waals surface area contributed by atoms with E-state index < -0.39 is 28.5 Å². The highest BCUT2D eigenvalue weighted by Gasteiger charge is 2.32. The molecule has 0 radical (unpaired) electrons. The SMILES string of the molecule is CCCCNC(=O)[C@H](C)N(Cc1ccc(Br)cc1)C(=O)CN(c1ccc(OCC)cc1)S(=O)(=O)c1ccc(SC)cc1. The van der Waals surface area contributed by atoms with E-state index in [2.05, 4.69) is 21.2 Å². The number of carbonyl (C=O) groups is 2. The van der Waals surface area contributed by atoms with Crippen molar-refractivity contribution >= 4 is 55.2 Å². The second-order valence-electron chi connectivity index (χ2n) is 9.58. The van der Waals surface area contributed by atoms with Gasteiger partial charge in [-0.1, -0.05) is 41.4 Å². The summed E-state index contributed by atoms with van der Waals surface area (Å²) in [5, 5.41) is 2.90. The molecule has 226 valence electrons. The topological polar surface area (TPSA) is 96.0 Å². The van der Waals surface area contributed by atoms with Crippen LogP contribution in [-0.2, 0) is 26.2 Å². The van der Waals surface area contributed by atoms with Crippen molar-refractivity contribution in [3.05, 3.63) is 82.8 Å². The molecule has 11 heteroatoms. The molecule has 0 aliphatic heterocycles. The monoisotopic (exact) mass is 675 g/mol. The van der Waals surface area contributed by atoms with Crippen LogP contribution in [0.1, 0.15) is 39.2 Å². The summed E-state index contributed by atoms with van der Waals surface area (Å²) in [7, 11) is -4.15. The Morgan fingerprint density at radius 1 is 0.976 bits per heavy atom. The predicted octanol–water partition coefficient (Wildman–Crippen LogP) is 6.10. The van der Waals surface area contributed by atoms with Crippen LogP contribution in [0.5, 0.6) is 5.75 Å². The number of hydrogen-bond acceptors (Lipinski definition) is 6. The van der Waals surface area contributed by atoms with Crippen LogP contribution in [-0.4, -0.2) is 57.1 Å². The summed E-state index contributed by atoms with van der Waals surface area (Å²) >= 11 is 4.93. The van der Waals surface area contributed by atoms with Gasteiger partial charge in [0, 0.05) is 22.5 Å². The van der Waals surface area contributed by atoms with Gasteiger partial charge in [-0.15, -0.1) is 11.8 Å². The lowest BCUT2D eigenvalue weighted by atomic mass is 10.1. The highest BCUT2D eigenvalue weighted by Crippen LogP contribution is 2.28. The molecule has 0 fully saturated rings. The smallest absolute Gasteiger partial charge is 0.264 e. The van der Waals surface area contributed by atoms with Crippen molar-refractivity contribution in [3.8, 4) is 5.75 Å². The highest BCUT2D eigenvalue weighted by atomic mass is 79.9. The quantitative estimate of drug-likeness (QED) is 0.155. The summed E-state index contributed by atoms with van der Waals surface area (Å²) in [6.45, 7) is 6.15. The fraction of sp³-hybridized carbons (Fsp3) is 0.355. The van der Waals surface area contributed by atoms with Crippen molar-refractivity contribution in [2.45, 2.75) is 56.0 Å². The minimum atomic E-state index is -4.15. The first kappa shape index (κ1) is 33.5. The van der Waals surface area contributed by atoms with Gasteiger partial charge < -0.3 is 15.0 Å². The molecule has 0 aliphatic carbocycles. The third-order valence-electron chi connectivity index (χ3n) is 6.63. The first-order valence-corrected chi connectivity index (χ1v) is 17.3. The Kier molecular flexibility index (Phi) is 12.8. The number of hydrogen-bond donors (Lipinski definition) is 1. The Hall–Kier alpha value is -3.02. The fourth-order valence-corrected chi connectivity index (χ4v) is 6.27. The zero-order valence-electron chi connectivity index (χ0n) is 24.4. The van der Waals surface area contributed by atoms with Crippen molar-refractivity contribution < 1.29 is 22.7 Å². The van der Waals surface area contributed by atoms with Crippen LogP contribution in [0.4, 0.5) is 5.69 Å². The first-order valence-electron chi connectivity index (χ1n) is 13.8. The highest BCUT2D eigenvalue weighted by molar-refractivity contribution is 9.10. The number of thioether (sulfide) groups is 1. The maximum atomic E-state index is 14.0. The molecule has 1 N–H and O–H groups in total. The normalized spacial score (nSPS) is 11.9. The molecular formula is C31H38BrN3O5S2. The molecule has 2 amide bonds. The van der Waals surface area contributed by atoms with E-state index in [9.17, 15) is 18.0 Å². The van der Waals surface area contributed by atoms with Gasteiger partial charge in [-0.3, -0.25) is 13.9 Å². The van der Waals surface area contributed by atoms with Gasteiger partial charge in [0.2, 0.25) is 11.8 Å². The van der Waals surface area contributed by atoms with Crippen molar-refractivity contribution in [1.29, 1.82) is 0 Å². The van der Waals surface area contributed by atoms with Gasteiger partial charge >= 0.3 is 0 Å².